The maximum Gasteiger partial charge on any atom is 0.0590 e. The summed E-state index contributed by atoms with van der Waals surface area (Å²) in [5, 5.41) is 3.61. The SMILES string of the molecule is COC1CCCC(Nc2ccc(I)cc2Br)C1. The predicted molar refractivity (Wildman–Crippen MR) is 83.5 cm³/mol. The molecular formula is C13H17BrINO. The molecule has 1 aliphatic rings. The monoisotopic (exact) mass is 409 g/mol. The third kappa shape index (κ3) is 3.83. The molecule has 0 heterocycles. The highest BCUT2D eigenvalue weighted by Crippen LogP contribution is 2.29. The van der Waals surface area contributed by atoms with Crippen molar-refractivity contribution in [2.24, 2.45) is 0 Å². The molecule has 1 aromatic rings. The molecule has 0 spiro atoms. The molecule has 4 heteroatoms. The lowest BCUT2D eigenvalue weighted by Crippen LogP contribution is -2.31. The highest BCUT2D eigenvalue weighted by molar-refractivity contribution is 14.1. The molecule has 1 aliphatic carbocycles. The van der Waals surface area contributed by atoms with E-state index in [1.807, 2.05) is 7.11 Å². The molecule has 0 radical (unpaired) electrons. The summed E-state index contributed by atoms with van der Waals surface area (Å²) in [5.74, 6) is 0. The van der Waals surface area contributed by atoms with Crippen LogP contribution < -0.4 is 5.32 Å². The fourth-order valence-electron chi connectivity index (χ4n) is 2.32. The number of hydrogen-bond acceptors (Lipinski definition) is 2. The van der Waals surface area contributed by atoms with E-state index >= 15 is 0 Å². The highest BCUT2D eigenvalue weighted by Gasteiger charge is 2.21. The van der Waals surface area contributed by atoms with Crippen LogP contribution in [-0.2, 0) is 4.74 Å². The average molecular weight is 410 g/mol. The summed E-state index contributed by atoms with van der Waals surface area (Å²) < 4.78 is 7.85. The van der Waals surface area contributed by atoms with Crippen LogP contribution in [0.2, 0.25) is 0 Å². The van der Waals surface area contributed by atoms with Crippen molar-refractivity contribution in [3.8, 4) is 0 Å². The Hall–Kier alpha value is 0.190. The molecule has 0 saturated heterocycles. The van der Waals surface area contributed by atoms with Crippen LogP contribution in [0, 0.1) is 3.57 Å². The Bertz CT molecular complexity index is 386. The Balaban J connectivity index is 2.00. The molecule has 0 aliphatic heterocycles. The number of ether oxygens (including phenoxy) is 1. The molecule has 0 bridgehead atoms. The standard InChI is InChI=1S/C13H17BrINO/c1-17-11-4-2-3-10(8-11)16-13-6-5-9(15)7-12(13)14/h5-7,10-11,16H,2-4,8H2,1H3. The fraction of sp³-hybridized carbons (Fsp3) is 0.538. The van der Waals surface area contributed by atoms with Crippen molar-refractivity contribution in [3.63, 3.8) is 0 Å². The molecule has 0 amide bonds. The van der Waals surface area contributed by atoms with E-state index in [0.29, 0.717) is 12.1 Å². The van der Waals surface area contributed by atoms with Gasteiger partial charge >= 0.3 is 0 Å². The number of halogens is 2. The zero-order chi connectivity index (χ0) is 12.3. The van der Waals surface area contributed by atoms with Crippen molar-refractivity contribution in [2.75, 3.05) is 12.4 Å². The van der Waals surface area contributed by atoms with Gasteiger partial charge in [0.25, 0.3) is 0 Å². The molecule has 1 N–H and O–H groups in total. The van der Waals surface area contributed by atoms with E-state index in [0.717, 1.165) is 10.9 Å². The Morgan fingerprint density at radius 1 is 1.41 bits per heavy atom. The first kappa shape index (κ1) is 13.6. The average Bonchev–Trinajstić information content (AvgIpc) is 2.33. The minimum atomic E-state index is 0.420. The number of nitrogens with one attached hydrogen (secondary N) is 1. The van der Waals surface area contributed by atoms with E-state index in [4.69, 9.17) is 4.74 Å². The van der Waals surface area contributed by atoms with E-state index in [1.54, 1.807) is 0 Å². The van der Waals surface area contributed by atoms with Gasteiger partial charge in [-0.1, -0.05) is 0 Å². The van der Waals surface area contributed by atoms with Crippen LogP contribution in [0.1, 0.15) is 25.7 Å². The minimum absolute atomic E-state index is 0.420. The van der Waals surface area contributed by atoms with Gasteiger partial charge < -0.3 is 10.1 Å². The Morgan fingerprint density at radius 2 is 2.24 bits per heavy atom. The predicted octanol–water partition coefficient (Wildman–Crippen LogP) is 4.42. The topological polar surface area (TPSA) is 21.3 Å². The van der Waals surface area contributed by atoms with Crippen LogP contribution in [0.3, 0.4) is 0 Å². The van der Waals surface area contributed by atoms with Gasteiger partial charge in [0, 0.05) is 26.9 Å². The quantitative estimate of drug-likeness (QED) is 0.746. The van der Waals surface area contributed by atoms with Crippen LogP contribution in [0.25, 0.3) is 0 Å². The van der Waals surface area contributed by atoms with Gasteiger partial charge in [-0.05, 0) is 82.4 Å². The molecule has 2 rings (SSSR count). The van der Waals surface area contributed by atoms with Gasteiger partial charge in [-0.2, -0.15) is 0 Å². The van der Waals surface area contributed by atoms with Crippen molar-refractivity contribution in [1.82, 2.24) is 0 Å². The number of methoxy groups -OCH3 is 1. The third-order valence-corrected chi connectivity index (χ3v) is 4.58. The molecule has 1 aromatic carbocycles. The van der Waals surface area contributed by atoms with Crippen molar-refractivity contribution < 1.29 is 4.74 Å². The Morgan fingerprint density at radius 3 is 2.94 bits per heavy atom. The maximum absolute atomic E-state index is 5.46. The van der Waals surface area contributed by atoms with Gasteiger partial charge in [-0.25, -0.2) is 0 Å². The van der Waals surface area contributed by atoms with Gasteiger partial charge in [0.2, 0.25) is 0 Å². The largest absolute Gasteiger partial charge is 0.381 e. The summed E-state index contributed by atoms with van der Waals surface area (Å²) in [6.45, 7) is 0. The normalized spacial score (nSPS) is 24.6. The van der Waals surface area contributed by atoms with Crippen LogP contribution in [0.15, 0.2) is 22.7 Å². The number of hydrogen-bond donors (Lipinski definition) is 1. The Kier molecular flexibility index (Phi) is 5.11. The lowest BCUT2D eigenvalue weighted by molar-refractivity contribution is 0.0669. The van der Waals surface area contributed by atoms with Gasteiger partial charge in [0.1, 0.15) is 0 Å². The van der Waals surface area contributed by atoms with Crippen LogP contribution in [0.4, 0.5) is 5.69 Å². The smallest absolute Gasteiger partial charge is 0.0590 e. The molecule has 0 aromatic heterocycles. The zero-order valence-corrected chi connectivity index (χ0v) is 13.6. The maximum atomic E-state index is 5.46. The first-order valence-corrected chi connectivity index (χ1v) is 7.80. The van der Waals surface area contributed by atoms with E-state index < -0.39 is 0 Å². The van der Waals surface area contributed by atoms with E-state index in [-0.39, 0.29) is 0 Å². The summed E-state index contributed by atoms with van der Waals surface area (Å²) in [4.78, 5) is 0. The number of benzene rings is 1. The van der Waals surface area contributed by atoms with Gasteiger partial charge in [-0.15, -0.1) is 0 Å². The van der Waals surface area contributed by atoms with Crippen molar-refractivity contribution in [2.45, 2.75) is 37.8 Å². The van der Waals surface area contributed by atoms with Crippen LogP contribution >= 0.6 is 38.5 Å². The summed E-state index contributed by atoms with van der Waals surface area (Å²) >= 11 is 5.93. The molecule has 17 heavy (non-hydrogen) atoms. The van der Waals surface area contributed by atoms with Gasteiger partial charge in [0.05, 0.1) is 6.10 Å². The molecule has 1 saturated carbocycles. The molecule has 1 fully saturated rings. The third-order valence-electron chi connectivity index (χ3n) is 3.25. The summed E-state index contributed by atoms with van der Waals surface area (Å²) in [7, 11) is 1.81. The lowest BCUT2D eigenvalue weighted by Gasteiger charge is -2.29. The van der Waals surface area contributed by atoms with E-state index in [1.165, 1.54) is 28.5 Å². The Labute approximate surface area is 125 Å². The van der Waals surface area contributed by atoms with E-state index in [2.05, 4.69) is 62.0 Å². The lowest BCUT2D eigenvalue weighted by atomic mass is 9.92. The molecule has 94 valence electrons. The second-order valence-corrected chi connectivity index (χ2v) is 6.59. The molecule has 2 unspecified atom stereocenters. The zero-order valence-electron chi connectivity index (χ0n) is 9.88. The summed E-state index contributed by atoms with van der Waals surface area (Å²) in [5.41, 5.74) is 1.19. The van der Waals surface area contributed by atoms with Crippen LogP contribution in [0.5, 0.6) is 0 Å². The summed E-state index contributed by atoms with van der Waals surface area (Å²) in [6, 6.07) is 6.94. The second kappa shape index (κ2) is 6.38. The van der Waals surface area contributed by atoms with Gasteiger partial charge in [0.15, 0.2) is 0 Å². The summed E-state index contributed by atoms with van der Waals surface area (Å²) in [6.07, 6.45) is 5.21. The van der Waals surface area contributed by atoms with Gasteiger partial charge in [-0.3, -0.25) is 0 Å². The van der Waals surface area contributed by atoms with Crippen molar-refractivity contribution in [1.29, 1.82) is 0 Å². The highest BCUT2D eigenvalue weighted by atomic mass is 127. The molecule has 2 atom stereocenters. The van der Waals surface area contributed by atoms with Crippen molar-refractivity contribution >= 4 is 44.2 Å². The first-order valence-electron chi connectivity index (χ1n) is 5.93. The number of rotatable bonds is 3. The van der Waals surface area contributed by atoms with Crippen LogP contribution in [-0.4, -0.2) is 19.3 Å². The second-order valence-electron chi connectivity index (χ2n) is 4.49. The van der Waals surface area contributed by atoms with Crippen molar-refractivity contribution in [3.05, 3.63) is 26.2 Å². The first-order chi connectivity index (χ1) is 8.19. The molecule has 2 nitrogen and oxygen atoms in total. The number of anilines is 1. The fourth-order valence-corrected chi connectivity index (χ4v) is 3.73. The minimum Gasteiger partial charge on any atom is -0.381 e. The van der Waals surface area contributed by atoms with E-state index in [9.17, 15) is 0 Å². The molecular weight excluding hydrogens is 393 g/mol.